The molecule has 1 aromatic heterocycles. The Balaban J connectivity index is 2.35. The number of nitrogen functional groups attached to an aromatic ring is 1. The van der Waals surface area contributed by atoms with E-state index >= 15 is 0 Å². The number of nitro groups is 1. The van der Waals surface area contributed by atoms with Crippen LogP contribution in [0.1, 0.15) is 5.82 Å². The third-order valence-corrected chi connectivity index (χ3v) is 3.43. The summed E-state index contributed by atoms with van der Waals surface area (Å²) in [5.74, 6) is 6.21. The lowest BCUT2D eigenvalue weighted by molar-refractivity contribution is -0.387. The smallest absolute Gasteiger partial charge is 0.283 e. The zero-order chi connectivity index (χ0) is 15.2. The molecule has 0 radical (unpaired) electrons. The number of nitro benzene ring substituents is 1. The van der Waals surface area contributed by atoms with Crippen LogP contribution in [-0.4, -0.2) is 22.0 Å². The Morgan fingerprint density at radius 3 is 2.86 bits per heavy atom. The number of methoxy groups -OCH3 is 1. The van der Waals surface area contributed by atoms with Gasteiger partial charge in [0.25, 0.3) is 5.69 Å². The first-order valence-corrected chi connectivity index (χ1v) is 6.70. The van der Waals surface area contributed by atoms with Gasteiger partial charge in [0.2, 0.25) is 0 Å². The molecule has 0 aliphatic rings. The van der Waals surface area contributed by atoms with Crippen molar-refractivity contribution in [3.8, 4) is 0 Å². The van der Waals surface area contributed by atoms with Gasteiger partial charge in [-0.15, -0.1) is 0 Å². The van der Waals surface area contributed by atoms with Crippen molar-refractivity contribution in [1.29, 1.82) is 0 Å². The first kappa shape index (κ1) is 15.2. The van der Waals surface area contributed by atoms with Crippen LogP contribution in [0.4, 0.5) is 11.5 Å². The number of hydrogen-bond donors (Lipinski definition) is 2. The van der Waals surface area contributed by atoms with Crippen molar-refractivity contribution in [2.75, 3.05) is 12.5 Å². The average Bonchev–Trinajstić information content (AvgIpc) is 2.47. The number of anilines is 1. The number of ether oxygens (including phenoxy) is 1. The molecule has 1 aromatic carbocycles. The summed E-state index contributed by atoms with van der Waals surface area (Å²) in [7, 11) is 1.53. The highest BCUT2D eigenvalue weighted by Crippen LogP contribution is 2.34. The molecule has 110 valence electrons. The molecule has 21 heavy (non-hydrogen) atoms. The Morgan fingerprint density at radius 1 is 1.43 bits per heavy atom. The fraction of sp³-hybridized carbons (Fsp3) is 0.167. The third kappa shape index (κ3) is 3.88. The fourth-order valence-corrected chi connectivity index (χ4v) is 2.54. The van der Waals surface area contributed by atoms with Crippen molar-refractivity contribution in [1.82, 2.24) is 9.97 Å². The second kappa shape index (κ2) is 6.97. The van der Waals surface area contributed by atoms with Gasteiger partial charge in [0.15, 0.2) is 5.82 Å². The minimum atomic E-state index is -0.429. The topological polar surface area (TPSA) is 116 Å². The van der Waals surface area contributed by atoms with E-state index in [1.54, 1.807) is 24.3 Å². The van der Waals surface area contributed by atoms with E-state index < -0.39 is 4.92 Å². The Hall–Kier alpha value is -2.23. The molecule has 2 rings (SSSR count). The van der Waals surface area contributed by atoms with Crippen molar-refractivity contribution in [3.63, 3.8) is 0 Å². The lowest BCUT2D eigenvalue weighted by Crippen LogP contribution is -2.11. The van der Waals surface area contributed by atoms with Gasteiger partial charge in [-0.2, -0.15) is 0 Å². The standard InChI is InChI=1S/C12H13N5O3S/c1-20-7-11-14-10(16-13)6-12(15-11)21-9-5-3-2-4-8(9)17(18)19/h2-6H,7,13H2,1H3,(H,14,15,16). The monoisotopic (exact) mass is 307 g/mol. The molecule has 1 heterocycles. The lowest BCUT2D eigenvalue weighted by atomic mass is 10.3. The number of nitrogens with one attached hydrogen (secondary N) is 1. The normalized spacial score (nSPS) is 10.4. The maximum atomic E-state index is 11.0. The van der Waals surface area contributed by atoms with Crippen molar-refractivity contribution in [2.24, 2.45) is 5.84 Å². The Labute approximate surface area is 124 Å². The van der Waals surface area contributed by atoms with E-state index in [1.807, 2.05) is 0 Å². The predicted octanol–water partition coefficient (Wildman–Crippen LogP) is 1.97. The zero-order valence-electron chi connectivity index (χ0n) is 11.1. The van der Waals surface area contributed by atoms with Gasteiger partial charge in [-0.3, -0.25) is 10.1 Å². The quantitative estimate of drug-likeness (QED) is 0.360. The van der Waals surface area contributed by atoms with Crippen molar-refractivity contribution in [3.05, 3.63) is 46.3 Å². The largest absolute Gasteiger partial charge is 0.377 e. The summed E-state index contributed by atoms with van der Waals surface area (Å²) in [5, 5.41) is 11.6. The molecular weight excluding hydrogens is 294 g/mol. The van der Waals surface area contributed by atoms with E-state index in [4.69, 9.17) is 10.6 Å². The molecule has 2 aromatic rings. The van der Waals surface area contributed by atoms with Crippen molar-refractivity contribution >= 4 is 23.3 Å². The van der Waals surface area contributed by atoms with Crippen LogP contribution in [0.3, 0.4) is 0 Å². The van der Waals surface area contributed by atoms with Crippen LogP contribution in [-0.2, 0) is 11.3 Å². The SMILES string of the molecule is COCc1nc(NN)cc(Sc2ccccc2[N+](=O)[O-])n1. The summed E-state index contributed by atoms with van der Waals surface area (Å²) < 4.78 is 4.98. The van der Waals surface area contributed by atoms with Gasteiger partial charge in [0.1, 0.15) is 17.5 Å². The van der Waals surface area contributed by atoms with E-state index in [9.17, 15) is 10.1 Å². The maximum absolute atomic E-state index is 11.0. The van der Waals surface area contributed by atoms with Crippen LogP contribution in [0.2, 0.25) is 0 Å². The number of nitrogens with two attached hydrogens (primary N) is 1. The van der Waals surface area contributed by atoms with Gasteiger partial charge in [-0.25, -0.2) is 15.8 Å². The molecular formula is C12H13N5O3S. The molecule has 0 aliphatic heterocycles. The van der Waals surface area contributed by atoms with Gasteiger partial charge in [0, 0.05) is 19.2 Å². The van der Waals surface area contributed by atoms with Gasteiger partial charge < -0.3 is 10.2 Å². The van der Waals surface area contributed by atoms with E-state index in [2.05, 4.69) is 15.4 Å². The molecule has 0 amide bonds. The first-order chi connectivity index (χ1) is 10.1. The van der Waals surface area contributed by atoms with E-state index in [1.165, 1.54) is 24.9 Å². The first-order valence-electron chi connectivity index (χ1n) is 5.89. The summed E-state index contributed by atoms with van der Waals surface area (Å²) in [5.41, 5.74) is 2.46. The molecule has 0 saturated heterocycles. The van der Waals surface area contributed by atoms with Gasteiger partial charge in [-0.1, -0.05) is 23.9 Å². The van der Waals surface area contributed by atoms with Crippen LogP contribution in [0.5, 0.6) is 0 Å². The van der Waals surface area contributed by atoms with Crippen LogP contribution >= 0.6 is 11.8 Å². The number of hydrogen-bond acceptors (Lipinski definition) is 8. The predicted molar refractivity (Wildman–Crippen MR) is 77.8 cm³/mol. The molecule has 0 atom stereocenters. The zero-order valence-corrected chi connectivity index (χ0v) is 12.0. The second-order valence-corrected chi connectivity index (χ2v) is 4.97. The van der Waals surface area contributed by atoms with Gasteiger partial charge >= 0.3 is 0 Å². The molecule has 0 spiro atoms. The molecule has 0 bridgehead atoms. The van der Waals surface area contributed by atoms with Crippen molar-refractivity contribution in [2.45, 2.75) is 16.5 Å². The molecule has 0 unspecified atom stereocenters. The van der Waals surface area contributed by atoms with E-state index in [0.29, 0.717) is 21.6 Å². The van der Waals surface area contributed by atoms with Gasteiger partial charge in [-0.05, 0) is 6.07 Å². The Bertz CT molecular complexity index is 653. The molecule has 0 saturated carbocycles. The van der Waals surface area contributed by atoms with Crippen LogP contribution in [0, 0.1) is 10.1 Å². The van der Waals surface area contributed by atoms with Crippen LogP contribution in [0.25, 0.3) is 0 Å². The minimum Gasteiger partial charge on any atom is -0.377 e. The van der Waals surface area contributed by atoms with Crippen LogP contribution in [0.15, 0.2) is 40.3 Å². The van der Waals surface area contributed by atoms with E-state index in [0.717, 1.165) is 0 Å². The van der Waals surface area contributed by atoms with E-state index in [-0.39, 0.29) is 12.3 Å². The molecule has 3 N–H and O–H groups in total. The summed E-state index contributed by atoms with van der Waals surface area (Å²) in [6.45, 7) is 0.222. The van der Waals surface area contributed by atoms with Crippen molar-refractivity contribution < 1.29 is 9.66 Å². The number of nitrogens with zero attached hydrogens (tertiary/aromatic N) is 3. The summed E-state index contributed by atoms with van der Waals surface area (Å²) in [4.78, 5) is 19.5. The highest BCUT2D eigenvalue weighted by Gasteiger charge is 2.15. The Morgan fingerprint density at radius 2 is 2.19 bits per heavy atom. The molecule has 9 heteroatoms. The number of hydrazine groups is 1. The number of benzene rings is 1. The third-order valence-electron chi connectivity index (χ3n) is 2.45. The molecule has 0 fully saturated rings. The maximum Gasteiger partial charge on any atom is 0.283 e. The summed E-state index contributed by atoms with van der Waals surface area (Å²) >= 11 is 1.17. The summed E-state index contributed by atoms with van der Waals surface area (Å²) in [6, 6.07) is 8.07. The fourth-order valence-electron chi connectivity index (χ4n) is 1.60. The average molecular weight is 307 g/mol. The minimum absolute atomic E-state index is 0.0247. The highest BCUT2D eigenvalue weighted by atomic mass is 32.2. The second-order valence-electron chi connectivity index (χ2n) is 3.91. The summed E-state index contributed by atoms with van der Waals surface area (Å²) in [6.07, 6.45) is 0. The Kier molecular flexibility index (Phi) is 5.04. The van der Waals surface area contributed by atoms with Gasteiger partial charge in [0.05, 0.1) is 9.82 Å². The number of aromatic nitrogens is 2. The molecule has 8 nitrogen and oxygen atoms in total. The molecule has 0 aliphatic carbocycles. The van der Waals surface area contributed by atoms with Crippen LogP contribution < -0.4 is 11.3 Å². The lowest BCUT2D eigenvalue weighted by Gasteiger charge is -2.07. The number of para-hydroxylation sites is 1. The number of rotatable bonds is 6. The highest BCUT2D eigenvalue weighted by molar-refractivity contribution is 7.99.